The second kappa shape index (κ2) is 3.75. The zero-order valence-electron chi connectivity index (χ0n) is 10.6. The summed E-state index contributed by atoms with van der Waals surface area (Å²) < 4.78 is 0. The summed E-state index contributed by atoms with van der Waals surface area (Å²) in [6.07, 6.45) is 2.56. The van der Waals surface area contributed by atoms with Gasteiger partial charge in [-0.25, -0.2) is 4.99 Å². The first-order valence-corrected chi connectivity index (χ1v) is 6.31. The highest BCUT2D eigenvalue weighted by molar-refractivity contribution is 6.16. The zero-order valence-corrected chi connectivity index (χ0v) is 10.6. The fourth-order valence-corrected chi connectivity index (χ4v) is 3.15. The maximum atomic E-state index is 11.3. The van der Waals surface area contributed by atoms with Crippen LogP contribution < -0.4 is 5.32 Å². The van der Waals surface area contributed by atoms with Crippen molar-refractivity contribution >= 4 is 39.9 Å². The SMILES string of the molecule is O=[N+]([O-])c1cc2c3c(cc([N+](=O)[O-])c4c3c1N=CN4)CC2. The number of hydrogen-bond donors (Lipinski definition) is 1. The van der Waals surface area contributed by atoms with Crippen LogP contribution in [0.4, 0.5) is 22.7 Å². The molecule has 0 amide bonds. The van der Waals surface area contributed by atoms with Crippen molar-refractivity contribution in [2.75, 3.05) is 5.32 Å². The Morgan fingerprint density at radius 3 is 2.24 bits per heavy atom. The topological polar surface area (TPSA) is 111 Å². The van der Waals surface area contributed by atoms with Crippen molar-refractivity contribution in [3.8, 4) is 0 Å². The molecule has 0 fully saturated rings. The highest BCUT2D eigenvalue weighted by Crippen LogP contribution is 2.50. The molecular weight excluding hydrogens is 276 g/mol. The van der Waals surface area contributed by atoms with Crippen LogP contribution in [0.1, 0.15) is 11.1 Å². The third kappa shape index (κ3) is 1.41. The first kappa shape index (κ1) is 11.8. The Morgan fingerprint density at radius 1 is 1.00 bits per heavy atom. The van der Waals surface area contributed by atoms with E-state index in [-0.39, 0.29) is 22.7 Å². The fraction of sp³-hybridized carbons (Fsp3) is 0.154. The third-order valence-corrected chi connectivity index (χ3v) is 3.96. The Labute approximate surface area is 117 Å². The van der Waals surface area contributed by atoms with Gasteiger partial charge in [0.15, 0.2) is 5.69 Å². The van der Waals surface area contributed by atoms with Crippen LogP contribution in [0.2, 0.25) is 0 Å². The molecule has 1 aliphatic carbocycles. The monoisotopic (exact) mass is 284 g/mol. The summed E-state index contributed by atoms with van der Waals surface area (Å²) in [7, 11) is 0. The van der Waals surface area contributed by atoms with Gasteiger partial charge in [-0.2, -0.15) is 0 Å². The van der Waals surface area contributed by atoms with Crippen LogP contribution in [0.5, 0.6) is 0 Å². The smallest absolute Gasteiger partial charge is 0.295 e. The lowest BCUT2D eigenvalue weighted by molar-refractivity contribution is -0.384. The standard InChI is InChI=1S/C13H8N4O4/c18-16(19)8-3-6-1-2-7-4-9(17(20)21)13-11(10(6)7)12(8)14-5-15-13/h3-5H,1-2H2,(H,14,15). The highest BCUT2D eigenvalue weighted by Gasteiger charge is 2.32. The molecule has 2 aliphatic rings. The third-order valence-electron chi connectivity index (χ3n) is 3.96. The molecule has 104 valence electrons. The van der Waals surface area contributed by atoms with Gasteiger partial charge in [0.1, 0.15) is 5.69 Å². The van der Waals surface area contributed by atoms with Gasteiger partial charge in [-0.15, -0.1) is 0 Å². The Bertz CT molecular complexity index is 878. The molecule has 0 radical (unpaired) electrons. The van der Waals surface area contributed by atoms with Gasteiger partial charge in [-0.3, -0.25) is 20.2 Å². The number of benzene rings is 2. The highest BCUT2D eigenvalue weighted by atomic mass is 16.6. The molecule has 1 aliphatic heterocycles. The van der Waals surface area contributed by atoms with E-state index in [1.807, 2.05) is 0 Å². The molecule has 0 bridgehead atoms. The Morgan fingerprint density at radius 2 is 1.62 bits per heavy atom. The van der Waals surface area contributed by atoms with Gasteiger partial charge in [0.05, 0.1) is 16.2 Å². The number of rotatable bonds is 2. The van der Waals surface area contributed by atoms with E-state index in [1.54, 1.807) is 6.07 Å². The number of nitrogens with one attached hydrogen (secondary N) is 1. The van der Waals surface area contributed by atoms with Crippen LogP contribution in [0.15, 0.2) is 17.1 Å². The summed E-state index contributed by atoms with van der Waals surface area (Å²) in [6, 6.07) is 3.09. The molecule has 21 heavy (non-hydrogen) atoms. The first-order chi connectivity index (χ1) is 10.1. The molecule has 0 atom stereocenters. The summed E-state index contributed by atoms with van der Waals surface area (Å²) in [5.41, 5.74) is 2.01. The summed E-state index contributed by atoms with van der Waals surface area (Å²) in [5, 5.41) is 26.6. The molecule has 8 nitrogen and oxygen atoms in total. The summed E-state index contributed by atoms with van der Waals surface area (Å²) in [5.74, 6) is 0. The Kier molecular flexibility index (Phi) is 2.10. The fourth-order valence-electron chi connectivity index (χ4n) is 3.15. The lowest BCUT2D eigenvalue weighted by atomic mass is 9.98. The second-order valence-corrected chi connectivity index (χ2v) is 5.00. The van der Waals surface area contributed by atoms with Crippen molar-refractivity contribution in [1.29, 1.82) is 0 Å². The van der Waals surface area contributed by atoms with Crippen molar-refractivity contribution in [3.63, 3.8) is 0 Å². The predicted octanol–water partition coefficient (Wildman–Crippen LogP) is 2.84. The molecule has 1 N–H and O–H groups in total. The van der Waals surface area contributed by atoms with Gasteiger partial charge in [0.25, 0.3) is 11.4 Å². The van der Waals surface area contributed by atoms with Gasteiger partial charge in [-0.1, -0.05) is 0 Å². The first-order valence-electron chi connectivity index (χ1n) is 6.31. The second-order valence-electron chi connectivity index (χ2n) is 5.00. The van der Waals surface area contributed by atoms with Gasteiger partial charge >= 0.3 is 0 Å². The summed E-state index contributed by atoms with van der Waals surface area (Å²) in [6.45, 7) is 0. The van der Waals surface area contributed by atoms with Crippen molar-refractivity contribution < 1.29 is 9.85 Å². The van der Waals surface area contributed by atoms with E-state index in [2.05, 4.69) is 10.3 Å². The summed E-state index contributed by atoms with van der Waals surface area (Å²) >= 11 is 0. The van der Waals surface area contributed by atoms with E-state index < -0.39 is 9.85 Å². The zero-order chi connectivity index (χ0) is 14.7. The number of nitro groups is 2. The van der Waals surface area contributed by atoms with Crippen LogP contribution in [0.3, 0.4) is 0 Å². The molecule has 4 rings (SSSR count). The minimum absolute atomic E-state index is 0.0711. The molecule has 8 heteroatoms. The quantitative estimate of drug-likeness (QED) is 0.673. The van der Waals surface area contributed by atoms with Crippen molar-refractivity contribution in [2.45, 2.75) is 12.8 Å². The molecule has 0 spiro atoms. The number of nitro benzene ring substituents is 2. The Balaban J connectivity index is 2.25. The van der Waals surface area contributed by atoms with Gasteiger partial charge in [0.2, 0.25) is 0 Å². The molecule has 0 saturated heterocycles. The molecule has 2 aromatic carbocycles. The van der Waals surface area contributed by atoms with E-state index in [9.17, 15) is 20.2 Å². The van der Waals surface area contributed by atoms with Gasteiger partial charge in [-0.05, 0) is 29.4 Å². The minimum atomic E-state index is -0.492. The number of anilines is 1. The van der Waals surface area contributed by atoms with E-state index >= 15 is 0 Å². The number of aryl methyl sites for hydroxylation is 2. The normalized spacial score (nSPS) is 14.3. The van der Waals surface area contributed by atoms with Crippen LogP contribution >= 0.6 is 0 Å². The average Bonchev–Trinajstić information content (AvgIpc) is 2.87. The largest absolute Gasteiger partial charge is 0.340 e. The molecule has 0 aromatic heterocycles. The lowest BCUT2D eigenvalue weighted by Gasteiger charge is -2.15. The lowest BCUT2D eigenvalue weighted by Crippen LogP contribution is -2.06. The minimum Gasteiger partial charge on any atom is -0.340 e. The van der Waals surface area contributed by atoms with E-state index in [1.165, 1.54) is 12.4 Å². The number of nitrogens with zero attached hydrogens (tertiary/aromatic N) is 3. The van der Waals surface area contributed by atoms with E-state index in [0.29, 0.717) is 18.2 Å². The van der Waals surface area contributed by atoms with Gasteiger partial charge in [0, 0.05) is 17.5 Å². The number of hydrogen-bond acceptors (Lipinski definition) is 6. The van der Waals surface area contributed by atoms with Gasteiger partial charge < -0.3 is 5.32 Å². The van der Waals surface area contributed by atoms with E-state index in [0.717, 1.165) is 16.5 Å². The molecule has 2 aromatic rings. The summed E-state index contributed by atoms with van der Waals surface area (Å²) in [4.78, 5) is 25.6. The van der Waals surface area contributed by atoms with Crippen LogP contribution in [-0.2, 0) is 12.8 Å². The van der Waals surface area contributed by atoms with E-state index in [4.69, 9.17) is 0 Å². The maximum absolute atomic E-state index is 11.3. The Hall–Kier alpha value is -3.03. The average molecular weight is 284 g/mol. The van der Waals surface area contributed by atoms with Crippen molar-refractivity contribution in [3.05, 3.63) is 43.5 Å². The molecular formula is C13H8N4O4. The van der Waals surface area contributed by atoms with Crippen molar-refractivity contribution in [1.82, 2.24) is 0 Å². The van der Waals surface area contributed by atoms with Crippen molar-refractivity contribution in [2.24, 2.45) is 4.99 Å². The van der Waals surface area contributed by atoms with Crippen LogP contribution in [0, 0.1) is 20.2 Å². The van der Waals surface area contributed by atoms with Crippen LogP contribution in [0.25, 0.3) is 10.8 Å². The molecule has 0 unspecified atom stereocenters. The predicted molar refractivity (Wildman–Crippen MR) is 76.4 cm³/mol. The van der Waals surface area contributed by atoms with Crippen LogP contribution in [-0.4, -0.2) is 16.2 Å². The molecule has 1 heterocycles. The maximum Gasteiger partial charge on any atom is 0.295 e. The number of aliphatic imine (C=N–C) groups is 1. The molecule has 0 saturated carbocycles.